The molecule has 1 N–H and O–H groups in total. The zero-order valence-electron chi connectivity index (χ0n) is 13.4. The van der Waals surface area contributed by atoms with E-state index in [0.717, 1.165) is 11.3 Å². The Hall–Kier alpha value is -3.09. The predicted molar refractivity (Wildman–Crippen MR) is 88.7 cm³/mol. The fraction of sp³-hybridized carbons (Fsp3) is 0.235. The van der Waals surface area contributed by atoms with E-state index >= 15 is 0 Å². The number of hydrogen-bond donors (Lipinski definition) is 1. The number of carbonyl (C=O) groups is 1. The number of nitrogens with zero attached hydrogens (tertiary/aromatic N) is 1. The van der Waals surface area contributed by atoms with Crippen LogP contribution in [0.3, 0.4) is 0 Å². The third-order valence-corrected chi connectivity index (χ3v) is 3.28. The number of ether oxygens (including phenoxy) is 2. The molecule has 0 aliphatic heterocycles. The molecule has 0 unspecified atom stereocenters. The van der Waals surface area contributed by atoms with Crippen molar-refractivity contribution in [2.45, 2.75) is 6.92 Å². The van der Waals surface area contributed by atoms with Crippen molar-refractivity contribution in [3.63, 3.8) is 0 Å². The van der Waals surface area contributed by atoms with Gasteiger partial charge in [-0.25, -0.2) is 0 Å². The molecule has 0 aliphatic rings. The number of nitro benzene ring substituents is 1. The lowest BCUT2D eigenvalue weighted by atomic mass is 10.1. The van der Waals surface area contributed by atoms with Gasteiger partial charge in [-0.3, -0.25) is 14.9 Å². The van der Waals surface area contributed by atoms with Gasteiger partial charge < -0.3 is 14.8 Å². The van der Waals surface area contributed by atoms with E-state index in [4.69, 9.17) is 9.47 Å². The molecule has 0 fully saturated rings. The van der Waals surface area contributed by atoms with Gasteiger partial charge in [-0.05, 0) is 30.7 Å². The summed E-state index contributed by atoms with van der Waals surface area (Å²) in [6, 6.07) is 11.5. The normalized spacial score (nSPS) is 10.1. The standard InChI is InChI=1S/C17H18N2O5/c1-12-4-3-5-14(10-12)24-9-8-18-17(20)15-11-13(19(21)22)6-7-16(15)23-2/h3-7,10-11H,8-9H2,1-2H3,(H,18,20). The Morgan fingerprint density at radius 2 is 2.04 bits per heavy atom. The van der Waals surface area contributed by atoms with Crippen LogP contribution in [0.1, 0.15) is 15.9 Å². The lowest BCUT2D eigenvalue weighted by molar-refractivity contribution is -0.384. The summed E-state index contributed by atoms with van der Waals surface area (Å²) in [6.07, 6.45) is 0. The van der Waals surface area contributed by atoms with Crippen LogP contribution in [-0.4, -0.2) is 31.1 Å². The van der Waals surface area contributed by atoms with E-state index in [9.17, 15) is 14.9 Å². The molecular formula is C17H18N2O5. The molecule has 0 heterocycles. The van der Waals surface area contributed by atoms with E-state index in [2.05, 4.69) is 5.32 Å². The van der Waals surface area contributed by atoms with Crippen molar-refractivity contribution in [1.82, 2.24) is 5.32 Å². The first kappa shape index (κ1) is 17.3. The summed E-state index contributed by atoms with van der Waals surface area (Å²) >= 11 is 0. The topological polar surface area (TPSA) is 90.7 Å². The predicted octanol–water partition coefficient (Wildman–Crippen LogP) is 2.72. The number of hydrogen-bond acceptors (Lipinski definition) is 5. The lowest BCUT2D eigenvalue weighted by Gasteiger charge is -2.10. The monoisotopic (exact) mass is 330 g/mol. The number of amides is 1. The van der Waals surface area contributed by atoms with Gasteiger partial charge in [0.1, 0.15) is 18.1 Å². The van der Waals surface area contributed by atoms with Gasteiger partial charge in [-0.1, -0.05) is 12.1 Å². The maximum atomic E-state index is 12.2. The van der Waals surface area contributed by atoms with E-state index in [0.29, 0.717) is 0 Å². The summed E-state index contributed by atoms with van der Waals surface area (Å²) in [5.41, 5.74) is 1.03. The van der Waals surface area contributed by atoms with Crippen LogP contribution >= 0.6 is 0 Å². The van der Waals surface area contributed by atoms with Crippen molar-refractivity contribution in [1.29, 1.82) is 0 Å². The molecule has 0 bridgehead atoms. The molecule has 0 aromatic heterocycles. The molecule has 0 spiro atoms. The Balaban J connectivity index is 1.94. The second kappa shape index (κ2) is 7.96. The fourth-order valence-electron chi connectivity index (χ4n) is 2.12. The van der Waals surface area contributed by atoms with Gasteiger partial charge in [0.05, 0.1) is 24.1 Å². The molecule has 2 aromatic carbocycles. The molecule has 7 nitrogen and oxygen atoms in total. The van der Waals surface area contributed by atoms with Crippen LogP contribution in [0, 0.1) is 17.0 Å². The molecule has 2 rings (SSSR count). The highest BCUT2D eigenvalue weighted by Gasteiger charge is 2.17. The fourth-order valence-corrected chi connectivity index (χ4v) is 2.12. The van der Waals surface area contributed by atoms with Crippen molar-refractivity contribution in [2.24, 2.45) is 0 Å². The first-order valence-corrected chi connectivity index (χ1v) is 7.31. The maximum absolute atomic E-state index is 12.2. The molecule has 0 aliphatic carbocycles. The average Bonchev–Trinajstić information content (AvgIpc) is 2.58. The summed E-state index contributed by atoms with van der Waals surface area (Å²) in [6.45, 7) is 2.51. The van der Waals surface area contributed by atoms with Gasteiger partial charge in [0.2, 0.25) is 0 Å². The zero-order valence-corrected chi connectivity index (χ0v) is 13.4. The SMILES string of the molecule is COc1ccc([N+](=O)[O-])cc1C(=O)NCCOc1cccc(C)c1. The smallest absolute Gasteiger partial charge is 0.270 e. The Kier molecular flexibility index (Phi) is 5.73. The molecule has 0 atom stereocenters. The minimum Gasteiger partial charge on any atom is -0.496 e. The molecular weight excluding hydrogens is 312 g/mol. The molecule has 1 amide bonds. The summed E-state index contributed by atoms with van der Waals surface area (Å²) in [4.78, 5) is 22.5. The molecule has 0 radical (unpaired) electrons. The molecule has 126 valence electrons. The van der Waals surface area contributed by atoms with Crippen molar-refractivity contribution < 1.29 is 19.2 Å². The number of aryl methyl sites for hydroxylation is 1. The van der Waals surface area contributed by atoms with Gasteiger partial charge in [-0.2, -0.15) is 0 Å². The third kappa shape index (κ3) is 4.45. The summed E-state index contributed by atoms with van der Waals surface area (Å²) in [5, 5.41) is 13.5. The second-order valence-electron chi connectivity index (χ2n) is 5.06. The number of carbonyl (C=O) groups excluding carboxylic acids is 1. The molecule has 7 heteroatoms. The molecule has 0 saturated heterocycles. The van der Waals surface area contributed by atoms with Gasteiger partial charge in [0, 0.05) is 12.1 Å². The van der Waals surface area contributed by atoms with Crippen LogP contribution in [0.4, 0.5) is 5.69 Å². The van der Waals surface area contributed by atoms with Crippen molar-refractivity contribution in [3.05, 3.63) is 63.7 Å². The van der Waals surface area contributed by atoms with Crippen LogP contribution in [0.2, 0.25) is 0 Å². The minimum atomic E-state index is -0.558. The lowest BCUT2D eigenvalue weighted by Crippen LogP contribution is -2.28. The zero-order chi connectivity index (χ0) is 17.5. The number of methoxy groups -OCH3 is 1. The highest BCUT2D eigenvalue weighted by Crippen LogP contribution is 2.23. The van der Waals surface area contributed by atoms with Crippen LogP contribution in [-0.2, 0) is 0 Å². The molecule has 24 heavy (non-hydrogen) atoms. The van der Waals surface area contributed by atoms with Crippen LogP contribution < -0.4 is 14.8 Å². The number of nitrogens with one attached hydrogen (secondary N) is 1. The average molecular weight is 330 g/mol. The van der Waals surface area contributed by atoms with Gasteiger partial charge in [0.25, 0.3) is 11.6 Å². The van der Waals surface area contributed by atoms with E-state index in [1.165, 1.54) is 25.3 Å². The van der Waals surface area contributed by atoms with Crippen molar-refractivity contribution >= 4 is 11.6 Å². The van der Waals surface area contributed by atoms with Crippen LogP contribution in [0.15, 0.2) is 42.5 Å². The largest absolute Gasteiger partial charge is 0.496 e. The van der Waals surface area contributed by atoms with E-state index in [1.54, 1.807) is 0 Å². The molecule has 2 aromatic rings. The first-order chi connectivity index (χ1) is 11.5. The summed E-state index contributed by atoms with van der Waals surface area (Å²) in [7, 11) is 1.40. The van der Waals surface area contributed by atoms with Gasteiger partial charge >= 0.3 is 0 Å². The number of nitro groups is 1. The first-order valence-electron chi connectivity index (χ1n) is 7.31. The number of rotatable bonds is 7. The quantitative estimate of drug-likeness (QED) is 0.479. The van der Waals surface area contributed by atoms with Gasteiger partial charge in [-0.15, -0.1) is 0 Å². The highest BCUT2D eigenvalue weighted by molar-refractivity contribution is 5.97. The maximum Gasteiger partial charge on any atom is 0.270 e. The Morgan fingerprint density at radius 3 is 2.71 bits per heavy atom. The summed E-state index contributed by atoms with van der Waals surface area (Å²) in [5.74, 6) is 0.540. The van der Waals surface area contributed by atoms with Crippen LogP contribution in [0.25, 0.3) is 0 Å². The minimum absolute atomic E-state index is 0.113. The molecule has 0 saturated carbocycles. The van der Waals surface area contributed by atoms with Crippen molar-refractivity contribution in [3.8, 4) is 11.5 Å². The summed E-state index contributed by atoms with van der Waals surface area (Å²) < 4.78 is 10.6. The third-order valence-electron chi connectivity index (χ3n) is 3.28. The Bertz CT molecular complexity index is 746. The van der Waals surface area contributed by atoms with E-state index in [-0.39, 0.29) is 30.2 Å². The number of non-ortho nitro benzene ring substituents is 1. The second-order valence-corrected chi connectivity index (χ2v) is 5.06. The van der Waals surface area contributed by atoms with Gasteiger partial charge in [0.15, 0.2) is 0 Å². The highest BCUT2D eigenvalue weighted by atomic mass is 16.6. The Labute approximate surface area is 139 Å². The van der Waals surface area contributed by atoms with E-state index in [1.807, 2.05) is 31.2 Å². The van der Waals surface area contributed by atoms with E-state index < -0.39 is 10.8 Å². The van der Waals surface area contributed by atoms with Crippen molar-refractivity contribution in [2.75, 3.05) is 20.3 Å². The number of benzene rings is 2. The Morgan fingerprint density at radius 1 is 1.25 bits per heavy atom. The van der Waals surface area contributed by atoms with Crippen LogP contribution in [0.5, 0.6) is 11.5 Å².